The highest BCUT2D eigenvalue weighted by Crippen LogP contribution is 1.98. The minimum Gasteiger partial charge on any atom is -0.103 e. The van der Waals surface area contributed by atoms with Crippen molar-refractivity contribution in [3.63, 3.8) is 0 Å². The third-order valence-electron chi connectivity index (χ3n) is 1.05. The van der Waals surface area contributed by atoms with Crippen LogP contribution in [0.4, 0.5) is 0 Å². The molecule has 58 valence electrons. The van der Waals surface area contributed by atoms with Crippen LogP contribution in [-0.2, 0) is 0 Å². The average molecular weight is 130 g/mol. The number of hydrogen-bond donors (Lipinski definition) is 0. The molecule has 0 bridgehead atoms. The van der Waals surface area contributed by atoms with E-state index in [-0.39, 0.29) is 7.43 Å². The predicted molar refractivity (Wildman–Crippen MR) is 47.7 cm³/mol. The van der Waals surface area contributed by atoms with Gasteiger partial charge in [-0.15, -0.1) is 6.58 Å². The van der Waals surface area contributed by atoms with Gasteiger partial charge < -0.3 is 0 Å². The van der Waals surface area contributed by atoms with Crippen LogP contribution in [0.1, 0.15) is 41.5 Å². The molecule has 0 rings (SSSR count). The minimum absolute atomic E-state index is 0. The van der Waals surface area contributed by atoms with E-state index in [4.69, 9.17) is 0 Å². The standard InChI is InChI=1S/C6H12.C2H6.CH4/c1-4-6(3)5-2;1-2;/h4,6H,1,5H2,2-3H3;1-2H3;1H4. The number of allylic oxidation sites excluding steroid dienone is 1. The quantitative estimate of drug-likeness (QED) is 0.498. The van der Waals surface area contributed by atoms with Crippen molar-refractivity contribution in [3.8, 4) is 0 Å². The fourth-order valence-corrected chi connectivity index (χ4v) is 0.167. The van der Waals surface area contributed by atoms with Crippen molar-refractivity contribution in [2.75, 3.05) is 0 Å². The van der Waals surface area contributed by atoms with Crippen LogP contribution >= 0.6 is 0 Å². The molecule has 0 aromatic carbocycles. The molecule has 0 heterocycles. The maximum atomic E-state index is 3.63. The summed E-state index contributed by atoms with van der Waals surface area (Å²) in [5.74, 6) is 0.699. The Bertz CT molecular complexity index is 37.3. The first-order chi connectivity index (χ1) is 3.81. The van der Waals surface area contributed by atoms with E-state index in [1.54, 1.807) is 0 Å². The highest BCUT2D eigenvalue weighted by Gasteiger charge is 1.84. The first-order valence-electron chi connectivity index (χ1n) is 3.43. The summed E-state index contributed by atoms with van der Waals surface area (Å²) in [6, 6.07) is 0. The van der Waals surface area contributed by atoms with Crippen LogP contribution in [0.5, 0.6) is 0 Å². The smallest absolute Gasteiger partial charge is 0.0267 e. The third-order valence-corrected chi connectivity index (χ3v) is 1.05. The van der Waals surface area contributed by atoms with Gasteiger partial charge >= 0.3 is 0 Å². The first kappa shape index (κ1) is 15.9. The zero-order valence-corrected chi connectivity index (χ0v) is 6.57. The van der Waals surface area contributed by atoms with Crippen LogP contribution in [0, 0.1) is 5.92 Å². The van der Waals surface area contributed by atoms with Crippen molar-refractivity contribution in [2.45, 2.75) is 41.5 Å². The van der Waals surface area contributed by atoms with Gasteiger partial charge in [0.1, 0.15) is 0 Å². The number of rotatable bonds is 2. The second-order valence-electron chi connectivity index (χ2n) is 1.62. The van der Waals surface area contributed by atoms with E-state index in [2.05, 4.69) is 20.4 Å². The van der Waals surface area contributed by atoms with Gasteiger partial charge in [-0.3, -0.25) is 0 Å². The molecule has 0 spiro atoms. The highest BCUT2D eigenvalue weighted by atomic mass is 13.9. The Morgan fingerprint density at radius 2 is 1.78 bits per heavy atom. The van der Waals surface area contributed by atoms with Gasteiger partial charge in [0.2, 0.25) is 0 Å². The summed E-state index contributed by atoms with van der Waals surface area (Å²) in [6.07, 6.45) is 3.18. The topological polar surface area (TPSA) is 0 Å². The average Bonchev–Trinajstić information content (AvgIpc) is 1.91. The van der Waals surface area contributed by atoms with Crippen molar-refractivity contribution in [1.29, 1.82) is 0 Å². The molecule has 1 unspecified atom stereocenters. The van der Waals surface area contributed by atoms with E-state index in [0.717, 1.165) is 0 Å². The van der Waals surface area contributed by atoms with E-state index in [9.17, 15) is 0 Å². The zero-order chi connectivity index (χ0) is 6.99. The van der Waals surface area contributed by atoms with Crippen LogP contribution in [0.15, 0.2) is 12.7 Å². The number of hydrogen-bond acceptors (Lipinski definition) is 0. The Balaban J connectivity index is -0.000000109. The normalized spacial score (nSPS) is 9.78. The Morgan fingerprint density at radius 3 is 1.78 bits per heavy atom. The van der Waals surface area contributed by atoms with E-state index in [1.807, 2.05) is 19.9 Å². The molecule has 0 aliphatic rings. The summed E-state index contributed by atoms with van der Waals surface area (Å²) in [7, 11) is 0. The molecule has 0 radical (unpaired) electrons. The maximum Gasteiger partial charge on any atom is -0.0267 e. The second kappa shape index (κ2) is 15.6. The molecule has 0 amide bonds. The van der Waals surface area contributed by atoms with Gasteiger partial charge in [0.05, 0.1) is 0 Å². The molecule has 0 nitrogen and oxygen atoms in total. The molecular weight excluding hydrogens is 108 g/mol. The summed E-state index contributed by atoms with van der Waals surface area (Å²) in [6.45, 7) is 12.0. The lowest BCUT2D eigenvalue weighted by atomic mass is 10.1. The molecule has 0 aliphatic heterocycles. The summed E-state index contributed by atoms with van der Waals surface area (Å²) in [5, 5.41) is 0. The third kappa shape index (κ3) is 18.2. The van der Waals surface area contributed by atoms with Gasteiger partial charge in [-0.05, 0) is 5.92 Å². The van der Waals surface area contributed by atoms with Crippen LogP contribution in [0.3, 0.4) is 0 Å². The lowest BCUT2D eigenvalue weighted by Gasteiger charge is -1.93. The molecule has 9 heavy (non-hydrogen) atoms. The summed E-state index contributed by atoms with van der Waals surface area (Å²) < 4.78 is 0. The maximum absolute atomic E-state index is 3.63. The van der Waals surface area contributed by atoms with Crippen molar-refractivity contribution in [2.24, 2.45) is 5.92 Å². The first-order valence-corrected chi connectivity index (χ1v) is 3.43. The Morgan fingerprint density at radius 1 is 1.44 bits per heavy atom. The fraction of sp³-hybridized carbons (Fsp3) is 0.778. The zero-order valence-electron chi connectivity index (χ0n) is 6.57. The summed E-state index contributed by atoms with van der Waals surface area (Å²) in [5.41, 5.74) is 0. The van der Waals surface area contributed by atoms with E-state index in [1.165, 1.54) is 6.42 Å². The van der Waals surface area contributed by atoms with Crippen molar-refractivity contribution < 1.29 is 0 Å². The summed E-state index contributed by atoms with van der Waals surface area (Å²) in [4.78, 5) is 0. The van der Waals surface area contributed by atoms with Crippen molar-refractivity contribution in [3.05, 3.63) is 12.7 Å². The SMILES string of the molecule is C.C=CC(C)CC.CC. The van der Waals surface area contributed by atoms with E-state index >= 15 is 0 Å². The van der Waals surface area contributed by atoms with E-state index < -0.39 is 0 Å². The fourth-order valence-electron chi connectivity index (χ4n) is 0.167. The van der Waals surface area contributed by atoms with Crippen LogP contribution in [0.2, 0.25) is 0 Å². The highest BCUT2D eigenvalue weighted by molar-refractivity contribution is 4.72. The molecular formula is C9H22. The van der Waals surface area contributed by atoms with E-state index in [0.29, 0.717) is 5.92 Å². The van der Waals surface area contributed by atoms with Gasteiger partial charge in [0.15, 0.2) is 0 Å². The summed E-state index contributed by atoms with van der Waals surface area (Å²) >= 11 is 0. The molecule has 1 atom stereocenters. The molecule has 0 aliphatic carbocycles. The van der Waals surface area contributed by atoms with Crippen molar-refractivity contribution >= 4 is 0 Å². The predicted octanol–water partition coefficient (Wildman–Crippen LogP) is 3.88. The molecule has 0 heteroatoms. The lowest BCUT2D eigenvalue weighted by Crippen LogP contribution is -1.80. The van der Waals surface area contributed by atoms with Crippen LogP contribution in [0.25, 0.3) is 0 Å². The monoisotopic (exact) mass is 130 g/mol. The van der Waals surface area contributed by atoms with Gasteiger partial charge in [0, 0.05) is 0 Å². The lowest BCUT2D eigenvalue weighted by molar-refractivity contribution is 0.700. The van der Waals surface area contributed by atoms with Gasteiger partial charge in [0.25, 0.3) is 0 Å². The minimum atomic E-state index is 0. The van der Waals surface area contributed by atoms with Crippen LogP contribution in [-0.4, -0.2) is 0 Å². The van der Waals surface area contributed by atoms with Gasteiger partial charge in [-0.2, -0.15) is 0 Å². The Labute approximate surface area is 61.0 Å². The van der Waals surface area contributed by atoms with Gasteiger partial charge in [-0.1, -0.05) is 47.6 Å². The molecule has 0 N–H and O–H groups in total. The van der Waals surface area contributed by atoms with Crippen LogP contribution < -0.4 is 0 Å². The molecule has 0 saturated heterocycles. The Hall–Kier alpha value is -0.260. The largest absolute Gasteiger partial charge is 0.103 e. The molecule has 0 aromatic heterocycles. The Kier molecular flexibility index (Phi) is 27.6. The second-order valence-corrected chi connectivity index (χ2v) is 1.62. The van der Waals surface area contributed by atoms with Gasteiger partial charge in [-0.25, -0.2) is 0 Å². The van der Waals surface area contributed by atoms with Crippen molar-refractivity contribution in [1.82, 2.24) is 0 Å². The molecule has 0 aromatic rings. The molecule has 0 fully saturated rings. The molecule has 0 saturated carbocycles.